The Kier molecular flexibility index (Phi) is 0.700. The van der Waals surface area contributed by atoms with E-state index in [1.807, 2.05) is 0 Å². The Balaban J connectivity index is 2.19. The maximum Gasteiger partial charge on any atom is 0.0718 e. The van der Waals surface area contributed by atoms with Crippen LogP contribution in [0.5, 0.6) is 0 Å². The zero-order chi connectivity index (χ0) is 6.48. The Morgan fingerprint density at radius 2 is 2.75 bits per heavy atom. The maximum atomic E-state index is 7.64. The van der Waals surface area contributed by atoms with Crippen LogP contribution in [0.15, 0.2) is 0 Å². The molecule has 0 aromatic carbocycles. The Hall–Kier alpha value is -0.0800. The maximum absolute atomic E-state index is 7.64. The molecule has 0 aromatic heterocycles. The molecular weight excluding hydrogens is 102 g/mol. The van der Waals surface area contributed by atoms with E-state index in [0.717, 1.165) is 19.6 Å². The quantitative estimate of drug-likeness (QED) is 0.442. The summed E-state index contributed by atoms with van der Waals surface area (Å²) in [5.41, 5.74) is 0. The first-order valence-corrected chi connectivity index (χ1v) is 3.04. The van der Waals surface area contributed by atoms with Crippen molar-refractivity contribution in [2.75, 3.05) is 20.2 Å². The van der Waals surface area contributed by atoms with Crippen LogP contribution < -0.4 is 0 Å². The Morgan fingerprint density at radius 1 is 1.88 bits per heavy atom. The molecule has 0 spiro atoms. The Morgan fingerprint density at radius 3 is 3.00 bits per heavy atom. The van der Waals surface area contributed by atoms with E-state index in [1.165, 1.54) is 0 Å². The predicted molar refractivity (Wildman–Crippen MR) is 30.8 cm³/mol. The van der Waals surface area contributed by atoms with Gasteiger partial charge in [0.05, 0.1) is 14.1 Å². The summed E-state index contributed by atoms with van der Waals surface area (Å²) in [7, 11) is 2.06. The topological polar surface area (TPSA) is 12.5 Å². The fourth-order valence-corrected chi connectivity index (χ4v) is 1.40. The molecule has 0 radical (unpaired) electrons. The lowest BCUT2D eigenvalue weighted by Crippen LogP contribution is -2.33. The molecule has 2 aliphatic heterocycles. The van der Waals surface area contributed by atoms with Crippen molar-refractivity contribution in [3.05, 3.63) is 0 Å². The van der Waals surface area contributed by atoms with Crippen molar-refractivity contribution in [2.45, 2.75) is 18.5 Å². The largest absolute Gasteiger partial charge is 0.375 e. The summed E-state index contributed by atoms with van der Waals surface area (Å²) >= 11 is 0. The van der Waals surface area contributed by atoms with Crippen molar-refractivity contribution in [3.63, 3.8) is 0 Å². The van der Waals surface area contributed by atoms with Crippen LogP contribution in [0.4, 0.5) is 0 Å². The normalized spacial score (nSPS) is 57.1. The monoisotopic (exact) mass is 114 g/mol. The summed E-state index contributed by atoms with van der Waals surface area (Å²) in [5.74, 6) is 0. The Labute approximate surface area is 50.8 Å². The average Bonchev–Trinajstić information content (AvgIpc) is 2.20. The van der Waals surface area contributed by atoms with Gasteiger partial charge in [0, 0.05) is 12.6 Å². The molecule has 46 valence electrons. The van der Waals surface area contributed by atoms with E-state index < -0.39 is 6.08 Å². The lowest BCUT2D eigenvalue weighted by Gasteiger charge is -2.21. The van der Waals surface area contributed by atoms with Gasteiger partial charge in [0.15, 0.2) is 0 Å². The van der Waals surface area contributed by atoms with Crippen molar-refractivity contribution in [2.24, 2.45) is 0 Å². The molecule has 2 saturated heterocycles. The second kappa shape index (κ2) is 1.45. The lowest BCUT2D eigenvalue weighted by atomic mass is 10.2. The third kappa shape index (κ3) is 0.501. The molecule has 2 heterocycles. The van der Waals surface area contributed by atoms with Gasteiger partial charge in [-0.25, -0.2) is 0 Å². The van der Waals surface area contributed by atoms with E-state index in [-0.39, 0.29) is 0 Å². The molecule has 0 N–H and O–H groups in total. The number of rotatable bonds is 0. The Bertz CT molecular complexity index is 137. The van der Waals surface area contributed by atoms with Crippen LogP contribution >= 0.6 is 0 Å². The van der Waals surface area contributed by atoms with Gasteiger partial charge in [0.25, 0.3) is 0 Å². The third-order valence-corrected chi connectivity index (χ3v) is 1.99. The number of likely N-dealkylation sites (tertiary alicyclic amines) is 1. The van der Waals surface area contributed by atoms with Gasteiger partial charge in [-0.2, -0.15) is 0 Å². The molecule has 0 unspecified atom stereocenters. The first kappa shape index (κ1) is 3.85. The molecular formula is C6H11NO. The van der Waals surface area contributed by atoms with Gasteiger partial charge >= 0.3 is 0 Å². The van der Waals surface area contributed by atoms with Gasteiger partial charge in [-0.3, -0.25) is 4.90 Å². The summed E-state index contributed by atoms with van der Waals surface area (Å²) in [6.45, 7) is 1.55. The second-order valence-corrected chi connectivity index (χ2v) is 2.62. The summed E-state index contributed by atoms with van der Waals surface area (Å²) in [6, 6.07) is 0.530. The molecule has 2 heteroatoms. The first-order chi connectivity index (χ1) is 4.20. The standard InChI is InChI=1S/C6H11NO/c1-7-3-6-2-5(7)4-8-6/h5-6H,2-4H2,1H3/t5-,6-/m0/s1/i6D. The molecule has 8 heavy (non-hydrogen) atoms. The van der Waals surface area contributed by atoms with Crippen molar-refractivity contribution in [1.29, 1.82) is 0 Å². The fraction of sp³-hybridized carbons (Fsp3) is 1.00. The van der Waals surface area contributed by atoms with E-state index in [9.17, 15) is 0 Å². The zero-order valence-corrected chi connectivity index (χ0v) is 5.05. The van der Waals surface area contributed by atoms with Crippen molar-refractivity contribution >= 4 is 0 Å². The molecule has 2 fully saturated rings. The van der Waals surface area contributed by atoms with Gasteiger partial charge < -0.3 is 4.74 Å². The van der Waals surface area contributed by atoms with Crippen LogP contribution in [-0.4, -0.2) is 37.2 Å². The molecule has 2 rings (SSSR count). The summed E-state index contributed by atoms with van der Waals surface area (Å²) in [5, 5.41) is 0. The number of fused-ring (bicyclic) bond motifs is 2. The zero-order valence-electron chi connectivity index (χ0n) is 6.05. The highest BCUT2D eigenvalue weighted by Gasteiger charge is 2.36. The molecule has 0 saturated carbocycles. The highest BCUT2D eigenvalue weighted by Crippen LogP contribution is 2.25. The SMILES string of the molecule is [2H][C@@]12C[C@@H](CO1)N(C)C2. The minimum atomic E-state index is -0.542. The first-order valence-electron chi connectivity index (χ1n) is 3.54. The van der Waals surface area contributed by atoms with Gasteiger partial charge in [-0.15, -0.1) is 0 Å². The summed E-state index contributed by atoms with van der Waals surface area (Å²) in [6.07, 6.45) is 0.364. The minimum Gasteiger partial charge on any atom is -0.375 e. The van der Waals surface area contributed by atoms with E-state index in [0.29, 0.717) is 6.04 Å². The highest BCUT2D eigenvalue weighted by atomic mass is 16.5. The summed E-state index contributed by atoms with van der Waals surface area (Å²) in [4.78, 5) is 2.20. The molecule has 2 nitrogen and oxygen atoms in total. The number of morpholine rings is 1. The molecule has 0 aliphatic carbocycles. The highest BCUT2D eigenvalue weighted by molar-refractivity contribution is 4.89. The fourth-order valence-electron chi connectivity index (χ4n) is 1.40. The number of nitrogens with zero attached hydrogens (tertiary/aromatic N) is 1. The third-order valence-electron chi connectivity index (χ3n) is 1.99. The van der Waals surface area contributed by atoms with E-state index in [2.05, 4.69) is 11.9 Å². The van der Waals surface area contributed by atoms with Crippen LogP contribution in [0.25, 0.3) is 0 Å². The van der Waals surface area contributed by atoms with Crippen molar-refractivity contribution in [1.82, 2.24) is 4.90 Å². The van der Waals surface area contributed by atoms with Crippen molar-refractivity contribution in [3.8, 4) is 0 Å². The van der Waals surface area contributed by atoms with Crippen LogP contribution in [0, 0.1) is 0 Å². The van der Waals surface area contributed by atoms with Crippen LogP contribution in [-0.2, 0) is 4.74 Å². The molecule has 0 amide bonds. The van der Waals surface area contributed by atoms with Crippen LogP contribution in [0.1, 0.15) is 7.79 Å². The second-order valence-electron chi connectivity index (χ2n) is 2.62. The molecule has 0 aromatic rings. The van der Waals surface area contributed by atoms with E-state index in [1.54, 1.807) is 0 Å². The van der Waals surface area contributed by atoms with E-state index >= 15 is 0 Å². The molecule has 2 atom stereocenters. The number of hydrogen-bond donors (Lipinski definition) is 0. The predicted octanol–water partition coefficient (Wildman–Crippen LogP) is 0.0893. The van der Waals surface area contributed by atoms with Gasteiger partial charge in [0.1, 0.15) is 0 Å². The minimum absolute atomic E-state index is 0.530. The van der Waals surface area contributed by atoms with Crippen LogP contribution in [0.3, 0.4) is 0 Å². The number of likely N-dealkylation sites (N-methyl/N-ethyl adjacent to an activating group) is 1. The average molecular weight is 114 g/mol. The van der Waals surface area contributed by atoms with E-state index in [4.69, 9.17) is 6.11 Å². The van der Waals surface area contributed by atoms with Gasteiger partial charge in [0.2, 0.25) is 0 Å². The van der Waals surface area contributed by atoms with Crippen molar-refractivity contribution < 1.29 is 6.11 Å². The molecule has 2 aliphatic rings. The smallest absolute Gasteiger partial charge is 0.0718 e. The van der Waals surface area contributed by atoms with Gasteiger partial charge in [-0.1, -0.05) is 0 Å². The van der Waals surface area contributed by atoms with Gasteiger partial charge in [-0.05, 0) is 13.5 Å². The van der Waals surface area contributed by atoms with Crippen LogP contribution in [0.2, 0.25) is 0 Å². The number of hydrogen-bond acceptors (Lipinski definition) is 2. The molecule has 2 bridgehead atoms. The summed E-state index contributed by atoms with van der Waals surface area (Å²) < 4.78 is 12.9. The number of ether oxygens (including phenoxy) is 1. The lowest BCUT2D eigenvalue weighted by molar-refractivity contribution is 0.0416.